The average Bonchev–Trinajstić information content (AvgIpc) is 2.03. The number of rotatable bonds is 2. The molecule has 2 N–H and O–H groups in total. The molecule has 0 fully saturated rings. The second kappa shape index (κ2) is 3.41. The highest BCUT2D eigenvalue weighted by Crippen LogP contribution is 2.20. The van der Waals surface area contributed by atoms with Crippen LogP contribution in [0.2, 0.25) is 0 Å². The molecule has 1 aromatic carbocycles. The van der Waals surface area contributed by atoms with Gasteiger partial charge in [-0.2, -0.15) is 0 Å². The molecule has 0 spiro atoms. The number of benzene rings is 1. The number of para-hydroxylation sites is 1. The van der Waals surface area contributed by atoms with E-state index in [-0.39, 0.29) is 5.30 Å². The van der Waals surface area contributed by atoms with Crippen LogP contribution in [0, 0.1) is 0 Å². The molecule has 0 aliphatic carbocycles. The predicted octanol–water partition coefficient (Wildman–Crippen LogP) is 0.889. The minimum Gasteiger partial charge on any atom is -0.506 e. The lowest BCUT2D eigenvalue weighted by molar-refractivity contribution is 0.0694. The van der Waals surface area contributed by atoms with Gasteiger partial charge in [0.05, 0.1) is 0 Å². The molecule has 5 nitrogen and oxygen atoms in total. The summed E-state index contributed by atoms with van der Waals surface area (Å²) in [7, 11) is -2.97. The molecule has 0 unspecified atom stereocenters. The molecule has 0 aromatic heterocycles. The Kier molecular flexibility index (Phi) is 2.49. The van der Waals surface area contributed by atoms with Crippen molar-refractivity contribution in [1.29, 1.82) is 0 Å². The van der Waals surface area contributed by atoms with Crippen molar-refractivity contribution < 1.29 is 24.1 Å². The van der Waals surface area contributed by atoms with Crippen molar-refractivity contribution in [1.82, 2.24) is 0 Å². The van der Waals surface area contributed by atoms with Gasteiger partial charge in [0.15, 0.2) is 0 Å². The Balaban J connectivity index is 3.43. The molecule has 0 aliphatic rings. The number of carboxylic acids is 1. The number of carbonyl (C=O) groups is 1. The predicted molar refractivity (Wildman–Crippen MR) is 43.0 cm³/mol. The molecule has 0 saturated heterocycles. The van der Waals surface area contributed by atoms with Crippen LogP contribution >= 0.6 is 7.68 Å². The van der Waals surface area contributed by atoms with Crippen LogP contribution < -0.4 is 5.30 Å². The van der Waals surface area contributed by atoms with E-state index in [1.807, 2.05) is 0 Å². The molecule has 0 radical (unpaired) electrons. The first-order valence-electron chi connectivity index (χ1n) is 3.23. The maximum absolute atomic E-state index is 10.5. The normalized spacial score (nSPS) is 9.54. The highest BCUT2D eigenvalue weighted by molar-refractivity contribution is 7.40. The molecule has 0 atom stereocenters. The number of hydrogen-bond acceptors (Lipinski definition) is 4. The molecule has 13 heavy (non-hydrogen) atoms. The van der Waals surface area contributed by atoms with Gasteiger partial charge in [-0.15, -0.1) is 0 Å². The largest absolute Gasteiger partial charge is 0.506 e. The van der Waals surface area contributed by atoms with Crippen molar-refractivity contribution in [3.05, 3.63) is 23.8 Å². The second-order valence-corrected chi connectivity index (χ2v) is 3.23. The zero-order valence-corrected chi connectivity index (χ0v) is 7.19. The number of hydrogen-bond donors (Lipinski definition) is 2. The van der Waals surface area contributed by atoms with E-state index in [1.165, 1.54) is 6.07 Å². The summed E-state index contributed by atoms with van der Waals surface area (Å²) in [6.07, 6.45) is 0. The molecular formula is C7H5O5P. The van der Waals surface area contributed by atoms with Crippen LogP contribution in [0.5, 0.6) is 5.75 Å². The van der Waals surface area contributed by atoms with Gasteiger partial charge < -0.3 is 10.2 Å². The van der Waals surface area contributed by atoms with Gasteiger partial charge in [-0.3, -0.25) is 0 Å². The van der Waals surface area contributed by atoms with E-state index < -0.39 is 25.0 Å². The average molecular weight is 200 g/mol. The molecule has 0 heterocycles. The number of carboxylic acid groups (broad SMARTS) is 1. The Morgan fingerprint density at radius 1 is 1.31 bits per heavy atom. The van der Waals surface area contributed by atoms with Gasteiger partial charge in [0.1, 0.15) is 16.6 Å². The highest BCUT2D eigenvalue weighted by Gasteiger charge is 2.15. The van der Waals surface area contributed by atoms with Gasteiger partial charge in [0.25, 0.3) is 0 Å². The fourth-order valence-electron chi connectivity index (χ4n) is 0.851. The summed E-state index contributed by atoms with van der Waals surface area (Å²) in [5, 5.41) is 17.3. The molecular weight excluding hydrogens is 195 g/mol. The zero-order valence-electron chi connectivity index (χ0n) is 6.30. The topological polar surface area (TPSA) is 91.7 Å². The number of aromatic hydroxyl groups is 1. The first-order chi connectivity index (χ1) is 6.04. The smallest absolute Gasteiger partial charge is 0.352 e. The van der Waals surface area contributed by atoms with E-state index in [4.69, 9.17) is 10.2 Å². The summed E-state index contributed by atoms with van der Waals surface area (Å²) in [5.74, 6) is -2.08. The SMILES string of the molecule is O=C(O)c1cccc(P(=O)=O)c1O. The zero-order chi connectivity index (χ0) is 10.0. The summed E-state index contributed by atoms with van der Waals surface area (Å²) >= 11 is 0. The minimum atomic E-state index is -2.97. The lowest BCUT2D eigenvalue weighted by Gasteiger charge is -1.99. The monoisotopic (exact) mass is 200 g/mol. The van der Waals surface area contributed by atoms with Crippen LogP contribution in [-0.4, -0.2) is 16.2 Å². The van der Waals surface area contributed by atoms with Crippen LogP contribution in [0.1, 0.15) is 10.4 Å². The lowest BCUT2D eigenvalue weighted by Crippen LogP contribution is -2.03. The van der Waals surface area contributed by atoms with E-state index in [0.29, 0.717) is 0 Å². The Labute approximate surface area is 73.5 Å². The summed E-state index contributed by atoms with van der Waals surface area (Å²) in [6, 6.07) is 3.51. The third-order valence-electron chi connectivity index (χ3n) is 1.44. The summed E-state index contributed by atoms with van der Waals surface area (Å²) < 4.78 is 21.0. The van der Waals surface area contributed by atoms with Crippen molar-refractivity contribution >= 4 is 19.0 Å². The molecule has 6 heteroatoms. The Morgan fingerprint density at radius 3 is 2.38 bits per heavy atom. The van der Waals surface area contributed by atoms with Crippen molar-refractivity contribution in [3.63, 3.8) is 0 Å². The van der Waals surface area contributed by atoms with Crippen molar-refractivity contribution in [3.8, 4) is 5.75 Å². The van der Waals surface area contributed by atoms with Crippen LogP contribution in [0.3, 0.4) is 0 Å². The van der Waals surface area contributed by atoms with Crippen LogP contribution in [0.15, 0.2) is 18.2 Å². The Bertz CT molecular complexity index is 413. The van der Waals surface area contributed by atoms with Crippen LogP contribution in [0.25, 0.3) is 0 Å². The van der Waals surface area contributed by atoms with Crippen molar-refractivity contribution in [2.45, 2.75) is 0 Å². The van der Waals surface area contributed by atoms with Gasteiger partial charge >= 0.3 is 13.6 Å². The summed E-state index contributed by atoms with van der Waals surface area (Å²) in [6.45, 7) is 0. The molecule has 0 bridgehead atoms. The van der Waals surface area contributed by atoms with E-state index in [1.54, 1.807) is 0 Å². The number of aromatic carboxylic acids is 1. The maximum Gasteiger partial charge on any atom is 0.352 e. The van der Waals surface area contributed by atoms with Gasteiger partial charge in [-0.1, -0.05) is 6.07 Å². The third kappa shape index (κ3) is 1.76. The molecule has 0 saturated carbocycles. The maximum atomic E-state index is 10.5. The molecule has 1 rings (SSSR count). The first kappa shape index (κ1) is 9.48. The Hall–Kier alpha value is -1.61. The third-order valence-corrected chi connectivity index (χ3v) is 2.20. The van der Waals surface area contributed by atoms with Crippen LogP contribution in [-0.2, 0) is 9.13 Å². The highest BCUT2D eigenvalue weighted by atomic mass is 31.1. The van der Waals surface area contributed by atoms with Gasteiger partial charge in [0.2, 0.25) is 0 Å². The van der Waals surface area contributed by atoms with Crippen molar-refractivity contribution in [2.75, 3.05) is 0 Å². The molecule has 0 amide bonds. The van der Waals surface area contributed by atoms with E-state index in [2.05, 4.69) is 0 Å². The fourth-order valence-corrected chi connectivity index (χ4v) is 1.35. The molecule has 1 aromatic rings. The van der Waals surface area contributed by atoms with Crippen LogP contribution in [0.4, 0.5) is 0 Å². The first-order valence-corrected chi connectivity index (χ1v) is 4.41. The minimum absolute atomic E-state index is 0.380. The van der Waals surface area contributed by atoms with E-state index in [9.17, 15) is 13.9 Å². The summed E-state index contributed by atoms with van der Waals surface area (Å²) in [5.41, 5.74) is -0.420. The second-order valence-electron chi connectivity index (χ2n) is 2.24. The molecule has 68 valence electrons. The lowest BCUT2D eigenvalue weighted by atomic mass is 10.2. The fraction of sp³-hybridized carbons (Fsp3) is 0. The Morgan fingerprint density at radius 2 is 1.92 bits per heavy atom. The summed E-state index contributed by atoms with van der Waals surface area (Å²) in [4.78, 5) is 10.4. The quantitative estimate of drug-likeness (QED) is 0.691. The molecule has 0 aliphatic heterocycles. The van der Waals surface area contributed by atoms with E-state index in [0.717, 1.165) is 12.1 Å². The van der Waals surface area contributed by atoms with Gasteiger partial charge in [0, 0.05) is 0 Å². The van der Waals surface area contributed by atoms with E-state index >= 15 is 0 Å². The van der Waals surface area contributed by atoms with Crippen molar-refractivity contribution in [2.24, 2.45) is 0 Å². The van der Waals surface area contributed by atoms with Gasteiger partial charge in [-0.05, 0) is 12.1 Å². The van der Waals surface area contributed by atoms with Gasteiger partial charge in [-0.25, -0.2) is 13.9 Å². The standard InChI is InChI=1S/C7H5O5P/c8-6-4(7(9)10)2-1-3-5(6)13(11)12/h1-3,8H,(H,9,10). The number of phenols is 1.